The van der Waals surface area contributed by atoms with Gasteiger partial charge in [0.05, 0.1) is 4.92 Å². The molecule has 0 amide bonds. The maximum atomic E-state index is 10.4. The lowest BCUT2D eigenvalue weighted by Crippen LogP contribution is -2.03. The molecular weight excluding hydrogens is 298 g/mol. The zero-order valence-corrected chi connectivity index (χ0v) is 12.7. The van der Waals surface area contributed by atoms with Gasteiger partial charge in [0.15, 0.2) is 18.3 Å². The number of hydrogen-bond acceptors (Lipinski definition) is 5. The van der Waals surface area contributed by atoms with Crippen molar-refractivity contribution in [1.82, 2.24) is 0 Å². The van der Waals surface area contributed by atoms with Gasteiger partial charge in [-0.1, -0.05) is 36.4 Å². The number of ether oxygens (including phenoxy) is 3. The summed E-state index contributed by atoms with van der Waals surface area (Å²) in [4.78, 5) is 9.88. The zero-order valence-electron chi connectivity index (χ0n) is 12.7. The van der Waals surface area contributed by atoms with Gasteiger partial charge in [-0.3, -0.25) is 10.1 Å². The van der Waals surface area contributed by atoms with Gasteiger partial charge in [-0.25, -0.2) is 0 Å². The van der Waals surface area contributed by atoms with Gasteiger partial charge in [0.1, 0.15) is 6.61 Å². The standard InChI is InChI=1S/C17H17NO5/c1-21-13-23-17-11-14(9-10-18(19)20)7-8-16(17)22-12-15-5-3-2-4-6-15/h2-11H,12-13H2,1H3. The summed E-state index contributed by atoms with van der Waals surface area (Å²) in [5.74, 6) is 1.01. The van der Waals surface area contributed by atoms with E-state index in [-0.39, 0.29) is 6.79 Å². The fourth-order valence-corrected chi connectivity index (χ4v) is 1.87. The SMILES string of the molecule is COCOc1cc(C=C[N+](=O)[O-])ccc1OCc1ccccc1. The maximum absolute atomic E-state index is 10.4. The summed E-state index contributed by atoms with van der Waals surface area (Å²) >= 11 is 0. The van der Waals surface area contributed by atoms with E-state index in [1.54, 1.807) is 18.2 Å². The van der Waals surface area contributed by atoms with Gasteiger partial charge in [-0.15, -0.1) is 0 Å². The van der Waals surface area contributed by atoms with Crippen LogP contribution in [0.3, 0.4) is 0 Å². The van der Waals surface area contributed by atoms with Gasteiger partial charge in [-0.2, -0.15) is 0 Å². The van der Waals surface area contributed by atoms with E-state index < -0.39 is 4.92 Å². The van der Waals surface area contributed by atoms with Crippen molar-refractivity contribution in [2.45, 2.75) is 6.61 Å². The molecule has 0 N–H and O–H groups in total. The molecule has 0 fully saturated rings. The molecule has 0 unspecified atom stereocenters. The number of benzene rings is 2. The van der Waals surface area contributed by atoms with Crippen molar-refractivity contribution in [2.24, 2.45) is 0 Å². The van der Waals surface area contributed by atoms with E-state index in [0.29, 0.717) is 23.7 Å². The first-order valence-corrected chi connectivity index (χ1v) is 6.93. The Kier molecular flexibility index (Phi) is 6.14. The van der Waals surface area contributed by atoms with Crippen LogP contribution < -0.4 is 9.47 Å². The van der Waals surface area contributed by atoms with Crippen LogP contribution in [0.1, 0.15) is 11.1 Å². The van der Waals surface area contributed by atoms with Crippen molar-refractivity contribution in [1.29, 1.82) is 0 Å². The van der Waals surface area contributed by atoms with Gasteiger partial charge in [0.2, 0.25) is 6.20 Å². The average molecular weight is 315 g/mol. The molecule has 2 aromatic carbocycles. The minimum absolute atomic E-state index is 0.0596. The molecule has 120 valence electrons. The smallest absolute Gasteiger partial charge is 0.235 e. The Labute approximate surface area is 134 Å². The highest BCUT2D eigenvalue weighted by molar-refractivity contribution is 5.55. The quantitative estimate of drug-likeness (QED) is 0.423. The zero-order chi connectivity index (χ0) is 16.5. The second-order valence-electron chi connectivity index (χ2n) is 4.63. The Morgan fingerprint density at radius 3 is 2.57 bits per heavy atom. The predicted octanol–water partition coefficient (Wildman–Crippen LogP) is 3.50. The Morgan fingerprint density at radius 1 is 1.09 bits per heavy atom. The Morgan fingerprint density at radius 2 is 1.87 bits per heavy atom. The van der Waals surface area contributed by atoms with E-state index in [4.69, 9.17) is 14.2 Å². The molecule has 0 bridgehead atoms. The molecule has 0 aliphatic carbocycles. The fraction of sp³-hybridized carbons (Fsp3) is 0.176. The monoisotopic (exact) mass is 315 g/mol. The molecule has 0 aliphatic rings. The lowest BCUT2D eigenvalue weighted by atomic mass is 10.2. The van der Waals surface area contributed by atoms with Crippen molar-refractivity contribution >= 4 is 6.08 Å². The van der Waals surface area contributed by atoms with Crippen LogP contribution in [-0.4, -0.2) is 18.8 Å². The van der Waals surface area contributed by atoms with E-state index >= 15 is 0 Å². The molecule has 0 saturated heterocycles. The molecule has 0 radical (unpaired) electrons. The van der Waals surface area contributed by atoms with Crippen LogP contribution in [0.25, 0.3) is 6.08 Å². The van der Waals surface area contributed by atoms with Gasteiger partial charge < -0.3 is 14.2 Å². The predicted molar refractivity (Wildman–Crippen MR) is 85.7 cm³/mol. The number of nitrogens with zero attached hydrogens (tertiary/aromatic N) is 1. The third kappa shape index (κ3) is 5.44. The molecule has 0 aromatic heterocycles. The first-order chi connectivity index (χ1) is 11.2. The van der Waals surface area contributed by atoms with E-state index in [9.17, 15) is 10.1 Å². The number of methoxy groups -OCH3 is 1. The van der Waals surface area contributed by atoms with Crippen molar-refractivity contribution < 1.29 is 19.1 Å². The first-order valence-electron chi connectivity index (χ1n) is 6.93. The van der Waals surface area contributed by atoms with Crippen LogP contribution in [0.5, 0.6) is 11.5 Å². The molecule has 2 rings (SSSR count). The molecule has 23 heavy (non-hydrogen) atoms. The molecule has 0 atom stereocenters. The highest BCUT2D eigenvalue weighted by Gasteiger charge is 2.07. The average Bonchev–Trinajstić information content (AvgIpc) is 2.58. The van der Waals surface area contributed by atoms with Crippen LogP contribution in [0, 0.1) is 10.1 Å². The van der Waals surface area contributed by atoms with E-state index in [2.05, 4.69) is 0 Å². The second-order valence-corrected chi connectivity index (χ2v) is 4.63. The van der Waals surface area contributed by atoms with Gasteiger partial charge in [0.25, 0.3) is 0 Å². The lowest BCUT2D eigenvalue weighted by molar-refractivity contribution is -0.400. The van der Waals surface area contributed by atoms with Gasteiger partial charge in [0, 0.05) is 13.2 Å². The molecule has 0 heterocycles. The first kappa shape index (κ1) is 16.5. The van der Waals surface area contributed by atoms with Crippen LogP contribution in [0.2, 0.25) is 0 Å². The molecule has 0 spiro atoms. The molecule has 0 aliphatic heterocycles. The highest BCUT2D eigenvalue weighted by atomic mass is 16.7. The summed E-state index contributed by atoms with van der Waals surface area (Å²) in [5.41, 5.74) is 1.67. The third-order valence-electron chi connectivity index (χ3n) is 2.93. The maximum Gasteiger partial charge on any atom is 0.235 e. The fourth-order valence-electron chi connectivity index (χ4n) is 1.87. The summed E-state index contributed by atoms with van der Waals surface area (Å²) in [5, 5.41) is 10.4. The largest absolute Gasteiger partial charge is 0.485 e. The highest BCUT2D eigenvalue weighted by Crippen LogP contribution is 2.29. The summed E-state index contributed by atoms with van der Waals surface area (Å²) in [7, 11) is 1.51. The van der Waals surface area contributed by atoms with Crippen molar-refractivity contribution in [2.75, 3.05) is 13.9 Å². The summed E-state index contributed by atoms with van der Waals surface area (Å²) < 4.78 is 16.1. The number of rotatable bonds is 8. The van der Waals surface area contributed by atoms with Crippen LogP contribution in [0.4, 0.5) is 0 Å². The topological polar surface area (TPSA) is 70.8 Å². The normalized spacial score (nSPS) is 10.7. The van der Waals surface area contributed by atoms with Crippen LogP contribution in [0.15, 0.2) is 54.7 Å². The molecule has 6 nitrogen and oxygen atoms in total. The van der Waals surface area contributed by atoms with Crippen molar-refractivity contribution in [3.05, 3.63) is 76.0 Å². The minimum Gasteiger partial charge on any atom is -0.485 e. The summed E-state index contributed by atoms with van der Waals surface area (Å²) in [6.07, 6.45) is 2.26. The molecule has 6 heteroatoms. The van der Waals surface area contributed by atoms with Gasteiger partial charge >= 0.3 is 0 Å². The molecular formula is C17H17NO5. The van der Waals surface area contributed by atoms with Gasteiger partial charge in [-0.05, 0) is 23.3 Å². The minimum atomic E-state index is -0.518. The Balaban J connectivity index is 2.14. The second kappa shape index (κ2) is 8.55. The molecule has 0 saturated carbocycles. The van der Waals surface area contributed by atoms with E-state index in [1.165, 1.54) is 13.2 Å². The Hall–Kier alpha value is -2.86. The lowest BCUT2D eigenvalue weighted by Gasteiger charge is -2.13. The van der Waals surface area contributed by atoms with Crippen LogP contribution in [-0.2, 0) is 11.3 Å². The summed E-state index contributed by atoms with van der Waals surface area (Å²) in [6, 6.07) is 14.8. The number of hydrogen-bond donors (Lipinski definition) is 0. The van der Waals surface area contributed by atoms with E-state index in [0.717, 1.165) is 11.8 Å². The number of nitro groups is 1. The Bertz CT molecular complexity index is 670. The van der Waals surface area contributed by atoms with Crippen molar-refractivity contribution in [3.8, 4) is 11.5 Å². The van der Waals surface area contributed by atoms with Crippen LogP contribution >= 0.6 is 0 Å². The van der Waals surface area contributed by atoms with E-state index in [1.807, 2.05) is 30.3 Å². The van der Waals surface area contributed by atoms with Crippen molar-refractivity contribution in [3.63, 3.8) is 0 Å². The molecule has 2 aromatic rings. The summed E-state index contributed by atoms with van der Waals surface area (Å²) in [6.45, 7) is 0.457. The third-order valence-corrected chi connectivity index (χ3v) is 2.93.